The van der Waals surface area contributed by atoms with Gasteiger partial charge in [0.25, 0.3) is 0 Å². The highest BCUT2D eigenvalue weighted by Crippen LogP contribution is 2.31. The number of nitrogens with two attached hydrogens (primary N) is 1. The first kappa shape index (κ1) is 12.5. The van der Waals surface area contributed by atoms with Gasteiger partial charge >= 0.3 is 0 Å². The summed E-state index contributed by atoms with van der Waals surface area (Å²) in [5.41, 5.74) is 9.11. The van der Waals surface area contributed by atoms with E-state index >= 15 is 0 Å². The summed E-state index contributed by atoms with van der Waals surface area (Å²) in [4.78, 5) is 12.4. The van der Waals surface area contributed by atoms with Crippen molar-refractivity contribution in [2.24, 2.45) is 0 Å². The Morgan fingerprint density at radius 3 is 3.19 bits per heavy atom. The number of rotatable bonds is 2. The average Bonchev–Trinajstić information content (AvgIpc) is 3.07. The zero-order valence-electron chi connectivity index (χ0n) is 10.7. The first-order chi connectivity index (χ1) is 10.2. The number of anilines is 1. The summed E-state index contributed by atoms with van der Waals surface area (Å²) in [6.07, 6.45) is 9.73. The molecule has 0 amide bonds. The van der Waals surface area contributed by atoms with E-state index in [1.165, 1.54) is 12.1 Å². The van der Waals surface area contributed by atoms with E-state index in [4.69, 9.17) is 17.3 Å². The molecule has 0 fully saturated rings. The van der Waals surface area contributed by atoms with Crippen LogP contribution in [0.15, 0.2) is 42.1 Å². The maximum Gasteiger partial charge on any atom is 0.223 e. The molecule has 4 heterocycles. The van der Waals surface area contributed by atoms with Crippen molar-refractivity contribution in [1.82, 2.24) is 28.5 Å². The van der Waals surface area contributed by atoms with Crippen LogP contribution in [0.5, 0.6) is 0 Å². The molecule has 106 valence electrons. The van der Waals surface area contributed by atoms with Crippen LogP contribution in [0.25, 0.3) is 11.2 Å². The number of allylic oxidation sites excluding steroid dienone is 3. The molecule has 2 aromatic rings. The minimum atomic E-state index is 0.144. The normalized spacial score (nSPS) is 16.7. The second kappa shape index (κ2) is 4.68. The van der Waals surface area contributed by atoms with Crippen molar-refractivity contribution in [3.8, 4) is 0 Å². The lowest BCUT2D eigenvalue weighted by molar-refractivity contribution is 0.721. The van der Waals surface area contributed by atoms with Crippen molar-refractivity contribution in [2.45, 2.75) is 6.54 Å². The smallest absolute Gasteiger partial charge is 0.223 e. The Morgan fingerprint density at radius 2 is 2.29 bits per heavy atom. The molecule has 2 aliphatic rings. The van der Waals surface area contributed by atoms with E-state index < -0.39 is 0 Å². The molecule has 0 unspecified atom stereocenters. The summed E-state index contributed by atoms with van der Waals surface area (Å²) >= 11 is 7.56. The fourth-order valence-corrected chi connectivity index (χ4v) is 3.18. The van der Waals surface area contributed by atoms with Gasteiger partial charge in [-0.25, -0.2) is 4.98 Å². The molecule has 21 heavy (non-hydrogen) atoms. The third kappa shape index (κ3) is 2.03. The second-order valence-electron chi connectivity index (χ2n) is 4.52. The molecule has 7 nitrogen and oxygen atoms in total. The van der Waals surface area contributed by atoms with E-state index in [-0.39, 0.29) is 11.1 Å². The lowest BCUT2D eigenvalue weighted by atomic mass is 10.1. The summed E-state index contributed by atoms with van der Waals surface area (Å²) in [7, 11) is 0. The number of fused-ring (bicyclic) bond motifs is 2. The molecule has 0 saturated heterocycles. The van der Waals surface area contributed by atoms with Crippen LogP contribution in [0.2, 0.25) is 5.15 Å². The van der Waals surface area contributed by atoms with E-state index in [1.54, 1.807) is 6.33 Å². The van der Waals surface area contributed by atoms with Gasteiger partial charge in [0.1, 0.15) is 5.52 Å². The molecular weight excluding hydrogens is 310 g/mol. The summed E-state index contributed by atoms with van der Waals surface area (Å²) < 4.78 is 7.10. The highest BCUT2D eigenvalue weighted by Gasteiger charge is 2.21. The number of imidazole rings is 1. The Kier molecular flexibility index (Phi) is 2.79. The number of nitrogens with zero attached hydrogens (tertiary/aromatic N) is 5. The molecule has 0 bridgehead atoms. The highest BCUT2D eigenvalue weighted by atomic mass is 35.5. The van der Waals surface area contributed by atoms with Crippen molar-refractivity contribution in [3.05, 3.63) is 47.3 Å². The van der Waals surface area contributed by atoms with Gasteiger partial charge in [0, 0.05) is 12.4 Å². The number of nitrogens with one attached hydrogen (secondary N) is 1. The third-order valence-corrected chi connectivity index (χ3v) is 4.21. The summed E-state index contributed by atoms with van der Waals surface area (Å²) in [5.74, 6) is 0.144. The Bertz CT molecular complexity index is 822. The second-order valence-corrected chi connectivity index (χ2v) is 5.68. The van der Waals surface area contributed by atoms with Gasteiger partial charge in [0.15, 0.2) is 10.8 Å². The van der Waals surface area contributed by atoms with Gasteiger partial charge in [-0.05, 0) is 11.6 Å². The predicted octanol–water partition coefficient (Wildman–Crippen LogP) is 1.83. The average molecular weight is 320 g/mol. The third-order valence-electron chi connectivity index (χ3n) is 3.21. The van der Waals surface area contributed by atoms with Crippen LogP contribution in [0.1, 0.15) is 0 Å². The van der Waals surface area contributed by atoms with Crippen molar-refractivity contribution in [3.63, 3.8) is 0 Å². The molecule has 3 N–H and O–H groups in total. The Balaban J connectivity index is 1.75. The molecule has 0 spiro atoms. The van der Waals surface area contributed by atoms with Crippen LogP contribution >= 0.6 is 23.7 Å². The molecule has 0 saturated carbocycles. The number of nitrogen functional groups attached to an aromatic ring is 1. The molecular formula is C12H10ClN7S. The van der Waals surface area contributed by atoms with Crippen LogP contribution in [0.4, 0.5) is 5.95 Å². The molecule has 0 radical (unpaired) electrons. The number of hydrogen-bond acceptors (Lipinski definition) is 7. The quantitative estimate of drug-likeness (QED) is 0.645. The maximum atomic E-state index is 6.04. The van der Waals surface area contributed by atoms with Crippen molar-refractivity contribution in [2.75, 3.05) is 5.73 Å². The van der Waals surface area contributed by atoms with Gasteiger partial charge < -0.3 is 15.0 Å². The van der Waals surface area contributed by atoms with E-state index in [0.717, 1.165) is 11.3 Å². The van der Waals surface area contributed by atoms with Crippen LogP contribution in [-0.2, 0) is 6.54 Å². The van der Waals surface area contributed by atoms with Crippen molar-refractivity contribution >= 4 is 40.8 Å². The predicted molar refractivity (Wildman–Crippen MR) is 82.6 cm³/mol. The van der Waals surface area contributed by atoms with Gasteiger partial charge in [0.2, 0.25) is 5.95 Å². The zero-order valence-corrected chi connectivity index (χ0v) is 12.3. The minimum absolute atomic E-state index is 0.144. The fourth-order valence-electron chi connectivity index (χ4n) is 2.28. The van der Waals surface area contributed by atoms with Crippen LogP contribution in [0, 0.1) is 0 Å². The van der Waals surface area contributed by atoms with E-state index in [1.807, 2.05) is 23.0 Å². The van der Waals surface area contributed by atoms with Crippen molar-refractivity contribution < 1.29 is 0 Å². The largest absolute Gasteiger partial charge is 0.368 e. The number of halogens is 1. The van der Waals surface area contributed by atoms with Crippen LogP contribution in [-0.4, -0.2) is 23.8 Å². The van der Waals surface area contributed by atoms with Gasteiger partial charge in [-0.3, -0.25) is 4.31 Å². The van der Waals surface area contributed by atoms with E-state index in [2.05, 4.69) is 30.1 Å². The Hall–Kier alpha value is -2.19. The number of aromatic nitrogens is 4. The lowest BCUT2D eigenvalue weighted by Gasteiger charge is -2.20. The maximum absolute atomic E-state index is 6.04. The molecule has 2 aliphatic heterocycles. The summed E-state index contributed by atoms with van der Waals surface area (Å²) in [6, 6.07) is 0. The monoisotopic (exact) mass is 319 g/mol. The minimum Gasteiger partial charge on any atom is -0.368 e. The molecule has 0 aliphatic carbocycles. The molecule has 0 atom stereocenters. The molecule has 0 aromatic carbocycles. The van der Waals surface area contributed by atoms with Gasteiger partial charge in [-0.2, -0.15) is 9.97 Å². The lowest BCUT2D eigenvalue weighted by Crippen LogP contribution is -2.13. The topological polar surface area (TPSA) is 84.9 Å². The molecule has 9 heteroatoms. The van der Waals surface area contributed by atoms with Crippen LogP contribution in [0.3, 0.4) is 0 Å². The molecule has 4 rings (SSSR count). The van der Waals surface area contributed by atoms with Gasteiger partial charge in [0.05, 0.1) is 30.7 Å². The first-order valence-corrected chi connectivity index (χ1v) is 7.31. The highest BCUT2D eigenvalue weighted by molar-refractivity contribution is 7.95. The standard InChI is InChI=1S/C12H10ClN7S/c13-10-9-11(18-12(14)17-10)19(6-15-9)5-7-2-1-3-20-8(7)4-16-21-20/h1-4,6,16H,5H2,(H2,14,17,18). The zero-order chi connectivity index (χ0) is 14.4. The van der Waals surface area contributed by atoms with Gasteiger partial charge in [-0.15, -0.1) is 0 Å². The van der Waals surface area contributed by atoms with Crippen LogP contribution < -0.4 is 10.5 Å². The molecule has 2 aromatic heterocycles. The number of hydrogen-bond donors (Lipinski definition) is 2. The van der Waals surface area contributed by atoms with Crippen molar-refractivity contribution in [1.29, 1.82) is 0 Å². The van der Waals surface area contributed by atoms with E-state index in [0.29, 0.717) is 17.7 Å². The van der Waals surface area contributed by atoms with E-state index in [9.17, 15) is 0 Å². The summed E-state index contributed by atoms with van der Waals surface area (Å²) in [5, 5.41) is 0.271. The Labute approximate surface area is 129 Å². The summed E-state index contributed by atoms with van der Waals surface area (Å²) in [6.45, 7) is 0.623. The van der Waals surface area contributed by atoms with Gasteiger partial charge in [-0.1, -0.05) is 17.7 Å². The Morgan fingerprint density at radius 1 is 1.38 bits per heavy atom. The fraction of sp³-hybridized carbons (Fsp3) is 0.0833. The SMILES string of the molecule is Nc1nc(Cl)c2ncn(CC3=CC=CN4SNC=C34)c2n1. The first-order valence-electron chi connectivity index (χ1n) is 6.16.